The fraction of sp³-hybridized carbons (Fsp3) is 0.500. The van der Waals surface area contributed by atoms with E-state index in [0.717, 1.165) is 6.07 Å². The van der Waals surface area contributed by atoms with E-state index in [1.165, 1.54) is 18.0 Å². The van der Waals surface area contributed by atoms with Gasteiger partial charge in [0, 0.05) is 13.1 Å². The topological polar surface area (TPSA) is 3.24 Å². The number of benzene rings is 1. The Morgan fingerprint density at radius 2 is 1.75 bits per heavy atom. The van der Waals surface area contributed by atoms with Gasteiger partial charge in [0.1, 0.15) is 10.8 Å². The molecule has 0 amide bonds. The van der Waals surface area contributed by atoms with Crippen molar-refractivity contribution in [3.63, 3.8) is 0 Å². The zero-order valence-electron chi connectivity index (χ0n) is 10.3. The van der Waals surface area contributed by atoms with E-state index in [9.17, 15) is 22.0 Å². The van der Waals surface area contributed by atoms with Crippen molar-refractivity contribution in [2.24, 2.45) is 5.92 Å². The first-order chi connectivity index (χ1) is 8.71. The Hall–Kier alpha value is -0.750. The van der Waals surface area contributed by atoms with E-state index < -0.39 is 34.8 Å². The predicted octanol–water partition coefficient (Wildman–Crippen LogP) is 4.82. The Labute approximate surface area is 124 Å². The van der Waals surface area contributed by atoms with E-state index in [1.807, 2.05) is 0 Å². The van der Waals surface area contributed by atoms with Crippen LogP contribution < -0.4 is 4.90 Å². The summed E-state index contributed by atoms with van der Waals surface area (Å²) in [5, 5.41) is -0.643. The van der Waals surface area contributed by atoms with Crippen molar-refractivity contribution in [3.05, 3.63) is 28.8 Å². The Morgan fingerprint density at radius 3 is 2.25 bits per heavy atom. The Bertz CT molecular complexity index is 485. The third-order valence-corrected chi connectivity index (χ3v) is 3.87. The van der Waals surface area contributed by atoms with Crippen molar-refractivity contribution in [1.82, 2.24) is 0 Å². The van der Waals surface area contributed by atoms with Gasteiger partial charge < -0.3 is 4.90 Å². The lowest BCUT2D eigenvalue weighted by molar-refractivity contribution is -0.196. The molecule has 1 saturated carbocycles. The molecule has 0 saturated heterocycles. The molecular weight excluding hydrogens is 324 g/mol. The van der Waals surface area contributed by atoms with Gasteiger partial charge in [-0.3, -0.25) is 0 Å². The molecule has 114 valence electrons. The van der Waals surface area contributed by atoms with Crippen LogP contribution in [0.5, 0.6) is 0 Å². The molecule has 0 N–H and O–H groups in total. The number of hydrogen-bond donors (Lipinski definition) is 0. The number of hydrogen-bond acceptors (Lipinski definition) is 1. The first-order valence-electron chi connectivity index (χ1n) is 5.65. The van der Waals surface area contributed by atoms with Gasteiger partial charge >= 0.3 is 6.18 Å². The van der Waals surface area contributed by atoms with Gasteiger partial charge in [0.25, 0.3) is 0 Å². The zero-order chi connectivity index (χ0) is 14.4. The summed E-state index contributed by atoms with van der Waals surface area (Å²) in [7, 11) is 1.48. The second-order valence-corrected chi connectivity index (χ2v) is 5.05. The fourth-order valence-electron chi connectivity index (χ4n) is 2.16. The van der Waals surface area contributed by atoms with Crippen molar-refractivity contribution >= 4 is 29.7 Å². The summed E-state index contributed by atoms with van der Waals surface area (Å²) < 4.78 is 63.8. The summed E-state index contributed by atoms with van der Waals surface area (Å²) in [6.45, 7) is 0. The summed E-state index contributed by atoms with van der Waals surface area (Å²) >= 11 is 5.44. The van der Waals surface area contributed by atoms with Crippen LogP contribution >= 0.6 is 24.0 Å². The Balaban J connectivity index is 0.00000200. The number of halogens is 7. The average molecular weight is 336 g/mol. The third kappa shape index (κ3) is 3.11. The molecule has 0 spiro atoms. The summed E-state index contributed by atoms with van der Waals surface area (Å²) in [6, 6.07) is 1.76. The Morgan fingerprint density at radius 1 is 1.20 bits per heavy atom. The van der Waals surface area contributed by atoms with Crippen LogP contribution in [0.15, 0.2) is 12.1 Å². The number of rotatable bonds is 2. The van der Waals surface area contributed by atoms with Crippen LogP contribution in [0, 0.1) is 17.6 Å². The fourth-order valence-corrected chi connectivity index (χ4v) is 2.32. The molecular formula is C12H12Cl2F5N. The molecule has 1 aromatic carbocycles. The monoisotopic (exact) mass is 335 g/mol. The smallest absolute Gasteiger partial charge is 0.369 e. The summed E-state index contributed by atoms with van der Waals surface area (Å²) in [4.78, 5) is 1.38. The highest BCUT2D eigenvalue weighted by atomic mass is 35.5. The van der Waals surface area contributed by atoms with Gasteiger partial charge in [0.15, 0.2) is 5.82 Å². The van der Waals surface area contributed by atoms with Crippen LogP contribution in [0.25, 0.3) is 0 Å². The largest absolute Gasteiger partial charge is 0.391 e. The normalized spacial score (nSPS) is 21.9. The van der Waals surface area contributed by atoms with Crippen molar-refractivity contribution in [3.8, 4) is 0 Å². The molecule has 1 aromatic rings. The summed E-state index contributed by atoms with van der Waals surface area (Å²) in [5.41, 5.74) is 0.0111. The molecule has 20 heavy (non-hydrogen) atoms. The zero-order valence-corrected chi connectivity index (χ0v) is 11.9. The Kier molecular flexibility index (Phi) is 5.13. The minimum atomic E-state index is -4.21. The van der Waals surface area contributed by atoms with Crippen LogP contribution in [0.2, 0.25) is 5.02 Å². The average Bonchev–Trinajstić information content (AvgIpc) is 2.21. The molecule has 1 nitrogen and oxygen atoms in total. The molecule has 1 aliphatic rings. The van der Waals surface area contributed by atoms with Crippen LogP contribution in [0.3, 0.4) is 0 Å². The molecule has 0 atom stereocenters. The maximum absolute atomic E-state index is 13.7. The van der Waals surface area contributed by atoms with E-state index in [2.05, 4.69) is 0 Å². The van der Waals surface area contributed by atoms with Gasteiger partial charge in [-0.1, -0.05) is 11.6 Å². The molecule has 2 rings (SSSR count). The molecule has 0 radical (unpaired) electrons. The highest BCUT2D eigenvalue weighted by Gasteiger charge is 2.49. The molecule has 1 fully saturated rings. The van der Waals surface area contributed by atoms with Gasteiger partial charge in [-0.2, -0.15) is 13.2 Å². The third-order valence-electron chi connectivity index (χ3n) is 3.52. The van der Waals surface area contributed by atoms with Crippen LogP contribution in [0.4, 0.5) is 27.6 Å². The van der Waals surface area contributed by atoms with E-state index in [-0.39, 0.29) is 30.9 Å². The molecule has 8 heteroatoms. The maximum atomic E-state index is 13.7. The summed E-state index contributed by atoms with van der Waals surface area (Å²) in [6.07, 6.45) is -4.39. The van der Waals surface area contributed by atoms with Crippen LogP contribution in [-0.2, 0) is 0 Å². The van der Waals surface area contributed by atoms with Crippen LogP contribution in [-0.4, -0.2) is 19.3 Å². The lowest BCUT2D eigenvalue weighted by atomic mass is 9.79. The molecule has 1 aliphatic carbocycles. The lowest BCUT2D eigenvalue weighted by Crippen LogP contribution is -2.48. The lowest BCUT2D eigenvalue weighted by Gasteiger charge is -2.43. The highest BCUT2D eigenvalue weighted by Crippen LogP contribution is 2.44. The first-order valence-corrected chi connectivity index (χ1v) is 6.02. The van der Waals surface area contributed by atoms with Crippen molar-refractivity contribution in [1.29, 1.82) is 0 Å². The van der Waals surface area contributed by atoms with Gasteiger partial charge in [-0.15, -0.1) is 12.4 Å². The minimum absolute atomic E-state index is 0. The molecule has 0 aromatic heterocycles. The van der Waals surface area contributed by atoms with Gasteiger partial charge in [0.05, 0.1) is 11.6 Å². The molecule has 0 aliphatic heterocycles. The second-order valence-electron chi connectivity index (χ2n) is 4.67. The van der Waals surface area contributed by atoms with Gasteiger partial charge in [0.2, 0.25) is 0 Å². The number of nitrogens with zero attached hydrogens (tertiary/aromatic N) is 1. The van der Waals surface area contributed by atoms with Gasteiger partial charge in [-0.25, -0.2) is 8.78 Å². The SMILES string of the molecule is CN(c1ccc(F)c(Cl)c1F)C1CC(C(F)(F)F)C1.Cl. The maximum Gasteiger partial charge on any atom is 0.391 e. The van der Waals surface area contributed by atoms with Gasteiger partial charge in [-0.05, 0) is 25.0 Å². The second kappa shape index (κ2) is 5.93. The molecule has 0 bridgehead atoms. The van der Waals surface area contributed by atoms with Crippen LogP contribution in [0.1, 0.15) is 12.8 Å². The highest BCUT2D eigenvalue weighted by molar-refractivity contribution is 6.31. The summed E-state index contributed by atoms with van der Waals surface area (Å²) in [5.74, 6) is -3.18. The number of alkyl halides is 3. The van der Waals surface area contributed by atoms with E-state index in [0.29, 0.717) is 0 Å². The quantitative estimate of drug-likeness (QED) is 0.553. The van der Waals surface area contributed by atoms with Crippen molar-refractivity contribution < 1.29 is 22.0 Å². The molecule has 0 unspecified atom stereocenters. The predicted molar refractivity (Wildman–Crippen MR) is 69.6 cm³/mol. The van der Waals surface area contributed by atoms with Crippen molar-refractivity contribution in [2.75, 3.05) is 11.9 Å². The first kappa shape index (κ1) is 17.3. The standard InChI is InChI=1S/C12H11ClF5N.ClH/c1-19(7-4-6(5-7)12(16,17)18)9-3-2-8(14)10(13)11(9)15;/h2-3,6-7H,4-5H2,1H3;1H. The van der Waals surface area contributed by atoms with Crippen molar-refractivity contribution in [2.45, 2.75) is 25.1 Å². The number of anilines is 1. The van der Waals surface area contributed by atoms with E-state index >= 15 is 0 Å². The molecule has 0 heterocycles. The van der Waals surface area contributed by atoms with E-state index in [4.69, 9.17) is 11.6 Å². The minimum Gasteiger partial charge on any atom is -0.369 e. The van der Waals surface area contributed by atoms with E-state index in [1.54, 1.807) is 0 Å².